The monoisotopic (exact) mass is 327 g/mol. The first-order valence-corrected chi connectivity index (χ1v) is 9.02. The number of hydrogen-bond donors (Lipinski definition) is 2. The number of aryl methyl sites for hydroxylation is 1. The molecule has 0 radical (unpaired) electrons. The second kappa shape index (κ2) is 5.30. The van der Waals surface area contributed by atoms with Crippen molar-refractivity contribution in [1.29, 1.82) is 0 Å². The fourth-order valence-corrected chi connectivity index (χ4v) is 5.04. The third kappa shape index (κ3) is 2.88. The molecule has 1 saturated carbocycles. The van der Waals surface area contributed by atoms with E-state index in [4.69, 9.17) is 5.73 Å². The summed E-state index contributed by atoms with van der Waals surface area (Å²) < 4.78 is 30.4. The minimum atomic E-state index is -3.33. The summed E-state index contributed by atoms with van der Waals surface area (Å²) in [5.74, 6) is 0.104. The SMILES string of the molecule is Cn1ccc(CCNc2snc(N)c2S(=O)(=O)C2CC2)n1. The molecule has 3 N–H and O–H groups in total. The molecule has 0 unspecified atom stereocenters. The van der Waals surface area contributed by atoms with Gasteiger partial charge in [0, 0.05) is 26.2 Å². The van der Waals surface area contributed by atoms with Gasteiger partial charge in [0.05, 0.1) is 10.9 Å². The predicted octanol–water partition coefficient (Wildman–Crippen LogP) is 1.05. The van der Waals surface area contributed by atoms with Gasteiger partial charge in [-0.2, -0.15) is 9.47 Å². The summed E-state index contributed by atoms with van der Waals surface area (Å²) >= 11 is 1.10. The van der Waals surface area contributed by atoms with Gasteiger partial charge in [0.1, 0.15) is 9.90 Å². The molecule has 2 aromatic rings. The Balaban J connectivity index is 1.71. The summed E-state index contributed by atoms with van der Waals surface area (Å²) in [6, 6.07) is 1.94. The topological polar surface area (TPSA) is 103 Å². The Morgan fingerprint density at radius 1 is 1.52 bits per heavy atom. The molecule has 21 heavy (non-hydrogen) atoms. The van der Waals surface area contributed by atoms with E-state index in [1.807, 2.05) is 19.3 Å². The second-order valence-corrected chi connectivity index (χ2v) is 8.07. The van der Waals surface area contributed by atoms with Crippen molar-refractivity contribution in [2.75, 3.05) is 17.6 Å². The standard InChI is InChI=1S/C12H17N5O2S2/c1-17-7-5-8(15-17)4-6-14-12-10(11(13)16-20-12)21(18,19)9-2-3-9/h5,7,9,14H,2-4,6H2,1H3,(H2,13,16). The lowest BCUT2D eigenvalue weighted by Gasteiger charge is -2.06. The molecule has 0 atom stereocenters. The zero-order valence-electron chi connectivity index (χ0n) is 11.6. The largest absolute Gasteiger partial charge is 0.382 e. The van der Waals surface area contributed by atoms with Gasteiger partial charge in [-0.15, -0.1) is 0 Å². The van der Waals surface area contributed by atoms with Crippen molar-refractivity contribution in [3.63, 3.8) is 0 Å². The van der Waals surface area contributed by atoms with Gasteiger partial charge in [0.15, 0.2) is 15.7 Å². The molecule has 1 fully saturated rings. The number of aromatic nitrogens is 3. The lowest BCUT2D eigenvalue weighted by Crippen LogP contribution is -2.12. The van der Waals surface area contributed by atoms with E-state index in [2.05, 4.69) is 14.8 Å². The summed E-state index contributed by atoms with van der Waals surface area (Å²) in [6.07, 6.45) is 4.01. The lowest BCUT2D eigenvalue weighted by molar-refractivity contribution is 0.595. The Kier molecular flexibility index (Phi) is 3.62. The van der Waals surface area contributed by atoms with E-state index in [1.165, 1.54) is 0 Å². The Labute approximate surface area is 127 Å². The molecule has 9 heteroatoms. The fourth-order valence-electron chi connectivity index (χ4n) is 2.13. The van der Waals surface area contributed by atoms with E-state index in [0.29, 0.717) is 30.8 Å². The highest BCUT2D eigenvalue weighted by atomic mass is 32.2. The quantitative estimate of drug-likeness (QED) is 0.822. The lowest BCUT2D eigenvalue weighted by atomic mass is 10.3. The number of rotatable bonds is 6. The highest BCUT2D eigenvalue weighted by Gasteiger charge is 2.40. The van der Waals surface area contributed by atoms with E-state index >= 15 is 0 Å². The number of anilines is 2. The normalized spacial score (nSPS) is 15.3. The van der Waals surface area contributed by atoms with Crippen LogP contribution in [0.3, 0.4) is 0 Å². The molecule has 2 heterocycles. The van der Waals surface area contributed by atoms with Crippen LogP contribution in [0.5, 0.6) is 0 Å². The van der Waals surface area contributed by atoms with Crippen LogP contribution in [0, 0.1) is 0 Å². The molecule has 3 rings (SSSR count). The first-order valence-electron chi connectivity index (χ1n) is 6.70. The molecular weight excluding hydrogens is 310 g/mol. The zero-order valence-corrected chi connectivity index (χ0v) is 13.2. The van der Waals surface area contributed by atoms with Crippen LogP contribution in [0.25, 0.3) is 0 Å². The van der Waals surface area contributed by atoms with Crippen molar-refractivity contribution in [2.45, 2.75) is 29.4 Å². The van der Waals surface area contributed by atoms with Crippen LogP contribution in [-0.2, 0) is 23.3 Å². The van der Waals surface area contributed by atoms with E-state index < -0.39 is 9.84 Å². The van der Waals surface area contributed by atoms with Crippen LogP contribution >= 0.6 is 11.5 Å². The average Bonchev–Trinajstić information content (AvgIpc) is 3.12. The molecule has 0 aliphatic heterocycles. The highest BCUT2D eigenvalue weighted by molar-refractivity contribution is 7.92. The number of nitrogen functional groups attached to an aromatic ring is 1. The van der Waals surface area contributed by atoms with Crippen molar-refractivity contribution in [2.24, 2.45) is 7.05 Å². The van der Waals surface area contributed by atoms with E-state index in [0.717, 1.165) is 17.2 Å². The van der Waals surface area contributed by atoms with Gasteiger partial charge in [-0.25, -0.2) is 8.42 Å². The molecule has 0 spiro atoms. The van der Waals surface area contributed by atoms with Crippen LogP contribution in [0.2, 0.25) is 0 Å². The number of sulfone groups is 1. The molecule has 114 valence electrons. The number of nitrogens with one attached hydrogen (secondary N) is 1. The van der Waals surface area contributed by atoms with Crippen molar-refractivity contribution in [3.05, 3.63) is 18.0 Å². The molecule has 2 aromatic heterocycles. The third-order valence-corrected chi connectivity index (χ3v) is 6.64. The predicted molar refractivity (Wildman–Crippen MR) is 82.1 cm³/mol. The van der Waals surface area contributed by atoms with Gasteiger partial charge in [0.25, 0.3) is 0 Å². The van der Waals surface area contributed by atoms with Crippen molar-refractivity contribution < 1.29 is 8.42 Å². The van der Waals surface area contributed by atoms with Gasteiger partial charge < -0.3 is 11.1 Å². The van der Waals surface area contributed by atoms with Gasteiger partial charge in [-0.3, -0.25) is 4.68 Å². The van der Waals surface area contributed by atoms with Gasteiger partial charge in [-0.05, 0) is 30.4 Å². The highest BCUT2D eigenvalue weighted by Crippen LogP contribution is 2.40. The summed E-state index contributed by atoms with van der Waals surface area (Å²) in [4.78, 5) is 0.177. The summed E-state index contributed by atoms with van der Waals surface area (Å²) in [7, 11) is -1.47. The first kappa shape index (κ1) is 14.3. The summed E-state index contributed by atoms with van der Waals surface area (Å²) in [5.41, 5.74) is 6.70. The minimum Gasteiger partial charge on any atom is -0.382 e. The van der Waals surface area contributed by atoms with E-state index in [9.17, 15) is 8.42 Å². The van der Waals surface area contributed by atoms with Crippen molar-refractivity contribution in [3.8, 4) is 0 Å². The minimum absolute atomic E-state index is 0.104. The van der Waals surface area contributed by atoms with Gasteiger partial charge >= 0.3 is 0 Å². The summed E-state index contributed by atoms with van der Waals surface area (Å²) in [5, 5.41) is 7.66. The maximum atomic E-state index is 12.4. The van der Waals surface area contributed by atoms with Crippen LogP contribution in [0.4, 0.5) is 10.8 Å². The van der Waals surface area contributed by atoms with Crippen LogP contribution in [-0.4, -0.2) is 34.4 Å². The average molecular weight is 327 g/mol. The Morgan fingerprint density at radius 2 is 2.29 bits per heavy atom. The van der Waals surface area contributed by atoms with Crippen molar-refractivity contribution >= 4 is 32.2 Å². The van der Waals surface area contributed by atoms with Gasteiger partial charge in [-0.1, -0.05) is 0 Å². The Hall–Kier alpha value is -1.61. The van der Waals surface area contributed by atoms with E-state index in [1.54, 1.807) is 4.68 Å². The maximum Gasteiger partial charge on any atom is 0.187 e. The molecule has 0 bridgehead atoms. The molecule has 0 saturated heterocycles. The number of hydrogen-bond acceptors (Lipinski definition) is 7. The Bertz CT molecular complexity index is 746. The third-order valence-electron chi connectivity index (χ3n) is 3.36. The number of nitrogens with zero attached hydrogens (tertiary/aromatic N) is 3. The molecular formula is C12H17N5O2S2. The fraction of sp³-hybridized carbons (Fsp3) is 0.500. The van der Waals surface area contributed by atoms with Crippen LogP contribution < -0.4 is 11.1 Å². The molecule has 1 aliphatic carbocycles. The zero-order chi connectivity index (χ0) is 15.0. The second-order valence-electron chi connectivity index (χ2n) is 5.13. The molecule has 0 amide bonds. The van der Waals surface area contributed by atoms with E-state index in [-0.39, 0.29) is 16.0 Å². The molecule has 7 nitrogen and oxygen atoms in total. The van der Waals surface area contributed by atoms with Crippen LogP contribution in [0.15, 0.2) is 17.2 Å². The molecule has 0 aromatic carbocycles. The Morgan fingerprint density at radius 3 is 2.90 bits per heavy atom. The molecule has 1 aliphatic rings. The van der Waals surface area contributed by atoms with Crippen molar-refractivity contribution in [1.82, 2.24) is 14.2 Å². The number of nitrogens with two attached hydrogens (primary N) is 1. The first-order chi connectivity index (χ1) is 9.98. The summed E-state index contributed by atoms with van der Waals surface area (Å²) in [6.45, 7) is 0.589. The van der Waals surface area contributed by atoms with Gasteiger partial charge in [0.2, 0.25) is 0 Å². The smallest absolute Gasteiger partial charge is 0.187 e. The van der Waals surface area contributed by atoms with Crippen LogP contribution in [0.1, 0.15) is 18.5 Å². The maximum absolute atomic E-state index is 12.4.